The van der Waals surface area contributed by atoms with Crippen LogP contribution in [0.3, 0.4) is 0 Å². The molecule has 0 amide bonds. The van der Waals surface area contributed by atoms with E-state index in [1.54, 1.807) is 0 Å². The van der Waals surface area contributed by atoms with Crippen molar-refractivity contribution in [1.82, 2.24) is 9.80 Å². The number of rotatable bonds is 6. The van der Waals surface area contributed by atoms with Crippen molar-refractivity contribution in [3.8, 4) is 0 Å². The van der Waals surface area contributed by atoms with Gasteiger partial charge in [-0.1, -0.05) is 0 Å². The summed E-state index contributed by atoms with van der Waals surface area (Å²) in [5, 5.41) is 5.01. The minimum absolute atomic E-state index is 0.0180. The molecule has 0 bridgehead atoms. The molecule has 0 atom stereocenters. The molecule has 0 aromatic heterocycles. The number of halogens is 2. The maximum absolute atomic E-state index is 13.6. The summed E-state index contributed by atoms with van der Waals surface area (Å²) >= 11 is 0. The van der Waals surface area contributed by atoms with Crippen LogP contribution in [-0.2, 0) is 4.74 Å². The van der Waals surface area contributed by atoms with Crippen molar-refractivity contribution in [1.29, 1.82) is 0 Å². The molecule has 0 spiro atoms. The van der Waals surface area contributed by atoms with Gasteiger partial charge in [-0.25, -0.2) is 8.78 Å². The molecule has 0 aromatic carbocycles. The van der Waals surface area contributed by atoms with Gasteiger partial charge in [0.15, 0.2) is 0 Å². The summed E-state index contributed by atoms with van der Waals surface area (Å²) in [7, 11) is 0. The fourth-order valence-electron chi connectivity index (χ4n) is 1.77. The van der Waals surface area contributed by atoms with Crippen LogP contribution in [0.25, 0.3) is 0 Å². The second-order valence-corrected chi connectivity index (χ2v) is 4.46. The third-order valence-corrected chi connectivity index (χ3v) is 2.87. The third kappa shape index (κ3) is 4.51. The maximum atomic E-state index is 13.6. The minimum atomic E-state index is -0.615. The molecule has 0 N–H and O–H groups in total. The summed E-state index contributed by atoms with van der Waals surface area (Å²) in [4.78, 5) is 23.0. The first kappa shape index (κ1) is 16.4. The third-order valence-electron chi connectivity index (χ3n) is 2.87. The second kappa shape index (κ2) is 7.90. The largest absolute Gasteiger partial charge is 0.340 e. The summed E-state index contributed by atoms with van der Waals surface area (Å²) in [6.07, 6.45) is 9.82. The van der Waals surface area contributed by atoms with Gasteiger partial charge in [0.1, 0.15) is 25.1 Å². The van der Waals surface area contributed by atoms with E-state index in [4.69, 9.17) is 4.74 Å². The van der Waals surface area contributed by atoms with Crippen LogP contribution in [0, 0.1) is 9.81 Å². The summed E-state index contributed by atoms with van der Waals surface area (Å²) in [5.41, 5.74) is 0.145. The lowest BCUT2D eigenvalue weighted by atomic mass is 10.2. The van der Waals surface area contributed by atoms with Gasteiger partial charge in [0.05, 0.1) is 12.4 Å². The number of nitrogens with zero attached hydrogens (tertiary/aromatic N) is 4. The van der Waals surface area contributed by atoms with E-state index in [1.165, 1.54) is 34.4 Å². The molecule has 2 aliphatic rings. The van der Waals surface area contributed by atoms with Crippen LogP contribution in [0.4, 0.5) is 8.78 Å². The number of hydrogen-bond acceptors (Lipinski definition) is 7. The summed E-state index contributed by atoms with van der Waals surface area (Å²) in [5.74, 6) is -1.23. The molecule has 2 rings (SSSR count). The second-order valence-electron chi connectivity index (χ2n) is 4.46. The number of hydrogen-bond donors (Lipinski definition) is 0. The van der Waals surface area contributed by atoms with Crippen LogP contribution in [0.15, 0.2) is 82.5 Å². The Kier molecular flexibility index (Phi) is 5.64. The molecular weight excluding hydrogens is 310 g/mol. The standard InChI is InChI=1S/C14H12F2N4O3/c15-13-7-19(3-1-11(13)5-17-21)9-23-10-20-4-2-12(6-18-22)14(16)8-20/h1-8H,9-10H2/b11-5+,12-6+. The van der Waals surface area contributed by atoms with Crippen LogP contribution < -0.4 is 0 Å². The van der Waals surface area contributed by atoms with E-state index in [0.717, 1.165) is 24.8 Å². The Hall–Kier alpha value is -2.94. The SMILES string of the molecule is O=N/C=C1\C=CN(COCN2C=C/C(=C\N=O)C(F)=C2)C=C1F. The molecule has 0 saturated carbocycles. The molecule has 2 heterocycles. The average molecular weight is 322 g/mol. The van der Waals surface area contributed by atoms with Gasteiger partial charge >= 0.3 is 0 Å². The first-order valence-electron chi connectivity index (χ1n) is 6.40. The molecular formula is C14H12F2N4O3. The Morgan fingerprint density at radius 1 is 0.913 bits per heavy atom. The topological polar surface area (TPSA) is 74.6 Å². The molecule has 0 radical (unpaired) electrons. The molecule has 2 aliphatic heterocycles. The lowest BCUT2D eigenvalue weighted by Gasteiger charge is -2.23. The Morgan fingerprint density at radius 2 is 1.35 bits per heavy atom. The monoisotopic (exact) mass is 322 g/mol. The quantitative estimate of drug-likeness (QED) is 0.700. The van der Waals surface area contributed by atoms with Gasteiger partial charge in [0.25, 0.3) is 0 Å². The lowest BCUT2D eigenvalue weighted by molar-refractivity contribution is 0.0286. The fourth-order valence-corrected chi connectivity index (χ4v) is 1.77. The zero-order chi connectivity index (χ0) is 16.7. The highest BCUT2D eigenvalue weighted by molar-refractivity contribution is 5.38. The maximum Gasteiger partial charge on any atom is 0.148 e. The highest BCUT2D eigenvalue weighted by atomic mass is 19.1. The molecule has 0 saturated heterocycles. The van der Waals surface area contributed by atoms with E-state index in [9.17, 15) is 18.6 Å². The lowest BCUT2D eigenvalue weighted by Crippen LogP contribution is -2.23. The van der Waals surface area contributed by atoms with Crippen molar-refractivity contribution in [2.75, 3.05) is 13.5 Å². The Morgan fingerprint density at radius 3 is 1.70 bits per heavy atom. The van der Waals surface area contributed by atoms with Gasteiger partial charge in [0, 0.05) is 35.9 Å². The smallest absolute Gasteiger partial charge is 0.148 e. The number of nitroso groups, excluding NO2 is 2. The molecule has 0 aliphatic carbocycles. The van der Waals surface area contributed by atoms with Crippen LogP contribution >= 0.6 is 0 Å². The van der Waals surface area contributed by atoms with Crippen molar-refractivity contribution in [3.63, 3.8) is 0 Å². The van der Waals surface area contributed by atoms with Gasteiger partial charge in [-0.15, -0.1) is 9.81 Å². The van der Waals surface area contributed by atoms with Gasteiger partial charge in [-0.2, -0.15) is 0 Å². The molecule has 7 nitrogen and oxygen atoms in total. The van der Waals surface area contributed by atoms with Gasteiger partial charge in [-0.05, 0) is 22.5 Å². The van der Waals surface area contributed by atoms with Crippen LogP contribution in [-0.4, -0.2) is 23.3 Å². The number of ether oxygens (including phenoxy) is 1. The molecule has 0 unspecified atom stereocenters. The van der Waals surface area contributed by atoms with Gasteiger partial charge in [-0.3, -0.25) is 0 Å². The van der Waals surface area contributed by atoms with Crippen molar-refractivity contribution in [3.05, 3.63) is 82.0 Å². The highest BCUT2D eigenvalue weighted by Gasteiger charge is 2.12. The summed E-state index contributed by atoms with van der Waals surface area (Å²) < 4.78 is 32.4. The van der Waals surface area contributed by atoms with Gasteiger partial charge < -0.3 is 14.5 Å². The zero-order valence-corrected chi connectivity index (χ0v) is 11.8. The minimum Gasteiger partial charge on any atom is -0.340 e. The van der Waals surface area contributed by atoms with E-state index in [-0.39, 0.29) is 24.6 Å². The Balaban J connectivity index is 1.83. The van der Waals surface area contributed by atoms with Crippen LogP contribution in [0.1, 0.15) is 0 Å². The van der Waals surface area contributed by atoms with E-state index in [1.807, 2.05) is 0 Å². The Labute approximate surface area is 130 Å². The van der Waals surface area contributed by atoms with E-state index in [2.05, 4.69) is 10.4 Å². The summed E-state index contributed by atoms with van der Waals surface area (Å²) in [6.45, 7) is 0.0359. The molecule has 0 fully saturated rings. The normalized spacial score (nSPS) is 20.8. The number of allylic oxidation sites excluding steroid dienone is 6. The first-order chi connectivity index (χ1) is 11.1. The predicted molar refractivity (Wildman–Crippen MR) is 78.9 cm³/mol. The van der Waals surface area contributed by atoms with Crippen molar-refractivity contribution < 1.29 is 13.5 Å². The van der Waals surface area contributed by atoms with E-state index >= 15 is 0 Å². The fraction of sp³-hybridized carbons (Fsp3) is 0.143. The average Bonchev–Trinajstić information content (AvgIpc) is 2.53. The molecule has 0 aromatic rings. The van der Waals surface area contributed by atoms with E-state index in [0.29, 0.717) is 0 Å². The van der Waals surface area contributed by atoms with E-state index < -0.39 is 11.7 Å². The predicted octanol–water partition coefficient (Wildman–Crippen LogP) is 3.50. The molecule has 23 heavy (non-hydrogen) atoms. The Bertz CT molecular complexity index is 609. The zero-order valence-electron chi connectivity index (χ0n) is 11.8. The van der Waals surface area contributed by atoms with Crippen LogP contribution in [0.5, 0.6) is 0 Å². The summed E-state index contributed by atoms with van der Waals surface area (Å²) in [6, 6.07) is 0. The van der Waals surface area contributed by atoms with Crippen LogP contribution in [0.2, 0.25) is 0 Å². The highest BCUT2D eigenvalue weighted by Crippen LogP contribution is 2.21. The van der Waals surface area contributed by atoms with Crippen molar-refractivity contribution >= 4 is 0 Å². The van der Waals surface area contributed by atoms with Gasteiger partial charge in [0.2, 0.25) is 0 Å². The first-order valence-corrected chi connectivity index (χ1v) is 6.40. The van der Waals surface area contributed by atoms with Crippen molar-refractivity contribution in [2.45, 2.75) is 0 Å². The van der Waals surface area contributed by atoms with Crippen molar-refractivity contribution in [2.24, 2.45) is 10.4 Å². The molecule has 120 valence electrons. The molecule has 9 heteroatoms.